The van der Waals surface area contributed by atoms with E-state index in [0.29, 0.717) is 13.0 Å². The number of thiazole rings is 1. The van der Waals surface area contributed by atoms with Gasteiger partial charge >= 0.3 is 0 Å². The summed E-state index contributed by atoms with van der Waals surface area (Å²) < 4.78 is 6.61. The Bertz CT molecular complexity index is 1140. The van der Waals surface area contributed by atoms with E-state index in [1.807, 2.05) is 24.5 Å². The first-order chi connectivity index (χ1) is 15.1. The fourth-order valence-corrected chi connectivity index (χ4v) is 5.69. The number of thioether (sulfide) groups is 2. The number of hydrogen-bond donors (Lipinski definition) is 0. The molecule has 0 fully saturated rings. The van der Waals surface area contributed by atoms with Gasteiger partial charge in [0, 0.05) is 16.2 Å². The number of fused-ring (bicyclic) bond motifs is 1. The molecule has 4 aromatic rings. The van der Waals surface area contributed by atoms with Crippen molar-refractivity contribution in [3.63, 3.8) is 0 Å². The molecular formula is C24H24N2O2S3. The largest absolute Gasteiger partial charge is 0.467 e. The van der Waals surface area contributed by atoms with Crippen LogP contribution in [0.5, 0.6) is 0 Å². The van der Waals surface area contributed by atoms with Gasteiger partial charge in [-0.1, -0.05) is 35.1 Å². The molecule has 160 valence electrons. The van der Waals surface area contributed by atoms with E-state index in [1.54, 1.807) is 46.0 Å². The molecule has 4 rings (SSSR count). The number of hydrogen-bond acceptors (Lipinski definition) is 6. The molecule has 0 bridgehead atoms. The van der Waals surface area contributed by atoms with E-state index in [2.05, 4.69) is 43.3 Å². The number of carbonyl (C=O) groups excluding carboxylic acids is 1. The standard InChI is InChI=1S/C24H24N2O2S3/c1-17-10-12-19(13-11-17)30-15-5-9-22(27)26(16-18-6-4-14-28-18)24-25-23-20(29-2)7-3-8-21(23)31-24/h3-4,6-8,10-14H,5,9,15-16H2,1-2H3. The number of benzene rings is 2. The van der Waals surface area contributed by atoms with Crippen molar-refractivity contribution in [1.29, 1.82) is 0 Å². The molecule has 2 aromatic carbocycles. The third-order valence-electron chi connectivity index (χ3n) is 4.84. The topological polar surface area (TPSA) is 46.3 Å². The number of rotatable bonds is 9. The second-order valence-electron chi connectivity index (χ2n) is 7.13. The zero-order valence-corrected chi connectivity index (χ0v) is 20.0. The summed E-state index contributed by atoms with van der Waals surface area (Å²) in [7, 11) is 0. The second kappa shape index (κ2) is 10.4. The molecule has 1 amide bonds. The molecule has 0 radical (unpaired) electrons. The molecule has 0 N–H and O–H groups in total. The van der Waals surface area contributed by atoms with E-state index in [0.717, 1.165) is 38.2 Å². The first kappa shape index (κ1) is 22.0. The highest BCUT2D eigenvalue weighted by Crippen LogP contribution is 2.35. The van der Waals surface area contributed by atoms with Crippen molar-refractivity contribution in [1.82, 2.24) is 4.98 Å². The highest BCUT2D eigenvalue weighted by Gasteiger charge is 2.21. The molecule has 0 aliphatic carbocycles. The van der Waals surface area contributed by atoms with Crippen LogP contribution in [0.25, 0.3) is 10.2 Å². The van der Waals surface area contributed by atoms with Crippen LogP contribution in [0.4, 0.5) is 5.13 Å². The Kier molecular flexibility index (Phi) is 7.37. The molecule has 0 saturated heterocycles. The smallest absolute Gasteiger partial charge is 0.229 e. The molecule has 0 saturated carbocycles. The Hall–Kier alpha value is -2.22. The van der Waals surface area contributed by atoms with E-state index in [1.165, 1.54) is 10.5 Å². The number of carbonyl (C=O) groups is 1. The van der Waals surface area contributed by atoms with Crippen molar-refractivity contribution in [2.75, 3.05) is 16.9 Å². The predicted molar refractivity (Wildman–Crippen MR) is 132 cm³/mol. The monoisotopic (exact) mass is 468 g/mol. The summed E-state index contributed by atoms with van der Waals surface area (Å²) in [6, 6.07) is 18.4. The van der Waals surface area contributed by atoms with Gasteiger partial charge in [-0.05, 0) is 61.8 Å². The van der Waals surface area contributed by atoms with E-state index < -0.39 is 0 Å². The molecule has 2 heterocycles. The maximum atomic E-state index is 13.2. The molecule has 31 heavy (non-hydrogen) atoms. The lowest BCUT2D eigenvalue weighted by molar-refractivity contribution is -0.118. The quantitative estimate of drug-likeness (QED) is 0.195. The van der Waals surface area contributed by atoms with Crippen LogP contribution in [0, 0.1) is 6.92 Å². The summed E-state index contributed by atoms with van der Waals surface area (Å²) in [6.45, 7) is 2.48. The van der Waals surface area contributed by atoms with Gasteiger partial charge in [-0.2, -0.15) is 0 Å². The van der Waals surface area contributed by atoms with Crippen LogP contribution in [0.2, 0.25) is 0 Å². The van der Waals surface area contributed by atoms with Gasteiger partial charge in [-0.25, -0.2) is 4.98 Å². The number of furan rings is 1. The average molecular weight is 469 g/mol. The van der Waals surface area contributed by atoms with Crippen molar-refractivity contribution in [2.24, 2.45) is 0 Å². The predicted octanol–water partition coefficient (Wildman–Crippen LogP) is 7.03. The minimum absolute atomic E-state index is 0.0747. The lowest BCUT2D eigenvalue weighted by Crippen LogP contribution is -2.30. The minimum Gasteiger partial charge on any atom is -0.467 e. The second-order valence-corrected chi connectivity index (χ2v) is 10.2. The van der Waals surface area contributed by atoms with Crippen LogP contribution in [0.1, 0.15) is 24.2 Å². The highest BCUT2D eigenvalue weighted by atomic mass is 32.2. The van der Waals surface area contributed by atoms with E-state index in [9.17, 15) is 4.79 Å². The van der Waals surface area contributed by atoms with Crippen LogP contribution >= 0.6 is 34.9 Å². The van der Waals surface area contributed by atoms with E-state index in [4.69, 9.17) is 9.40 Å². The fraction of sp³-hybridized carbons (Fsp3) is 0.250. The summed E-state index contributed by atoms with van der Waals surface area (Å²) in [4.78, 5) is 22.1. The van der Waals surface area contributed by atoms with Gasteiger partial charge in [-0.15, -0.1) is 23.5 Å². The summed E-state index contributed by atoms with van der Waals surface area (Å²) in [6.07, 6.45) is 4.98. The fourth-order valence-electron chi connectivity index (χ4n) is 3.20. The van der Waals surface area contributed by atoms with Gasteiger partial charge in [0.15, 0.2) is 5.13 Å². The average Bonchev–Trinajstić information content (AvgIpc) is 3.45. The maximum absolute atomic E-state index is 13.2. The third kappa shape index (κ3) is 5.53. The van der Waals surface area contributed by atoms with Crippen molar-refractivity contribution >= 4 is 56.1 Å². The van der Waals surface area contributed by atoms with Gasteiger partial charge in [0.25, 0.3) is 0 Å². The lowest BCUT2D eigenvalue weighted by atomic mass is 10.2. The number of nitrogens with zero attached hydrogens (tertiary/aromatic N) is 2. The number of aryl methyl sites for hydroxylation is 1. The third-order valence-corrected chi connectivity index (χ3v) is 7.75. The normalized spacial score (nSPS) is 11.2. The summed E-state index contributed by atoms with van der Waals surface area (Å²) >= 11 is 5.02. The number of amides is 1. The molecule has 7 heteroatoms. The molecule has 2 aromatic heterocycles. The Morgan fingerprint density at radius 2 is 1.97 bits per heavy atom. The summed E-state index contributed by atoms with van der Waals surface area (Å²) in [5.41, 5.74) is 2.22. The van der Waals surface area contributed by atoms with Crippen LogP contribution in [0.3, 0.4) is 0 Å². The molecule has 0 atom stereocenters. The van der Waals surface area contributed by atoms with Crippen molar-refractivity contribution < 1.29 is 9.21 Å². The van der Waals surface area contributed by atoms with Crippen LogP contribution in [-0.2, 0) is 11.3 Å². The summed E-state index contributed by atoms with van der Waals surface area (Å²) in [5, 5.41) is 0.726. The number of anilines is 1. The first-order valence-electron chi connectivity index (χ1n) is 10.1. The number of aromatic nitrogens is 1. The molecule has 0 aliphatic heterocycles. The Morgan fingerprint density at radius 1 is 1.13 bits per heavy atom. The SMILES string of the molecule is CSc1cccc2sc(N(Cc3ccco3)C(=O)CCCSc3ccc(C)cc3)nc12. The van der Waals surface area contributed by atoms with Gasteiger partial charge in [0.05, 0.1) is 23.0 Å². The molecule has 0 unspecified atom stereocenters. The van der Waals surface area contributed by atoms with Crippen molar-refractivity contribution in [3.8, 4) is 0 Å². The van der Waals surface area contributed by atoms with Gasteiger partial charge in [0.2, 0.25) is 5.91 Å². The molecule has 4 nitrogen and oxygen atoms in total. The van der Waals surface area contributed by atoms with Gasteiger partial charge < -0.3 is 4.42 Å². The van der Waals surface area contributed by atoms with E-state index >= 15 is 0 Å². The molecule has 0 aliphatic rings. The van der Waals surface area contributed by atoms with Gasteiger partial charge in [0.1, 0.15) is 5.76 Å². The first-order valence-corrected chi connectivity index (χ1v) is 13.1. The zero-order chi connectivity index (χ0) is 21.6. The van der Waals surface area contributed by atoms with Crippen LogP contribution < -0.4 is 4.90 Å². The Labute approximate surface area is 195 Å². The maximum Gasteiger partial charge on any atom is 0.229 e. The number of para-hydroxylation sites is 1. The lowest BCUT2D eigenvalue weighted by Gasteiger charge is -2.18. The zero-order valence-electron chi connectivity index (χ0n) is 17.5. The molecular weight excluding hydrogens is 444 g/mol. The Balaban J connectivity index is 1.47. The summed E-state index contributed by atoms with van der Waals surface area (Å²) in [5.74, 6) is 1.73. The van der Waals surface area contributed by atoms with E-state index in [-0.39, 0.29) is 5.91 Å². The van der Waals surface area contributed by atoms with Gasteiger partial charge in [-0.3, -0.25) is 9.69 Å². The minimum atomic E-state index is 0.0747. The van der Waals surface area contributed by atoms with Crippen molar-refractivity contribution in [3.05, 3.63) is 72.2 Å². The highest BCUT2D eigenvalue weighted by molar-refractivity contribution is 7.99. The van der Waals surface area contributed by atoms with Crippen LogP contribution in [-0.4, -0.2) is 22.9 Å². The Morgan fingerprint density at radius 3 is 2.71 bits per heavy atom. The molecule has 0 spiro atoms. The van der Waals surface area contributed by atoms with Crippen molar-refractivity contribution in [2.45, 2.75) is 36.1 Å². The van der Waals surface area contributed by atoms with Crippen LogP contribution in [0.15, 0.2) is 75.1 Å².